The molecule has 1 rings (SSSR count). The van der Waals surface area contributed by atoms with Gasteiger partial charge in [-0.05, 0) is 44.4 Å². The van der Waals surface area contributed by atoms with Crippen LogP contribution in [0.1, 0.15) is 58.6 Å². The standard InChI is InChI=1S/C15H24OS/c1-4-5-6-7-9-13(12-15(2,3)17)14-10-8-11-16-14/h8,10-12,17H,4-7,9H2,1-3H3/b13-12+. The van der Waals surface area contributed by atoms with E-state index in [9.17, 15) is 0 Å². The molecule has 0 saturated heterocycles. The second-order valence-corrected chi connectivity index (χ2v) is 6.26. The van der Waals surface area contributed by atoms with E-state index >= 15 is 0 Å². The van der Waals surface area contributed by atoms with Crippen molar-refractivity contribution in [3.63, 3.8) is 0 Å². The van der Waals surface area contributed by atoms with Crippen LogP contribution in [0.15, 0.2) is 28.9 Å². The normalized spacial score (nSPS) is 13.1. The van der Waals surface area contributed by atoms with E-state index in [1.165, 1.54) is 31.3 Å². The molecule has 0 aliphatic rings. The van der Waals surface area contributed by atoms with Crippen LogP contribution in [0, 0.1) is 0 Å². The van der Waals surface area contributed by atoms with E-state index in [2.05, 4.69) is 39.5 Å². The second-order valence-electron chi connectivity index (χ2n) is 5.11. The van der Waals surface area contributed by atoms with Crippen LogP contribution in [0.2, 0.25) is 0 Å². The third-order valence-electron chi connectivity index (χ3n) is 2.66. The lowest BCUT2D eigenvalue weighted by Gasteiger charge is -2.14. The van der Waals surface area contributed by atoms with E-state index in [4.69, 9.17) is 4.42 Å². The molecular weight excluding hydrogens is 228 g/mol. The first-order valence-electron chi connectivity index (χ1n) is 6.51. The lowest BCUT2D eigenvalue weighted by molar-refractivity contribution is 0.547. The van der Waals surface area contributed by atoms with Crippen LogP contribution in [0.3, 0.4) is 0 Å². The van der Waals surface area contributed by atoms with E-state index in [-0.39, 0.29) is 4.75 Å². The van der Waals surface area contributed by atoms with Gasteiger partial charge >= 0.3 is 0 Å². The van der Waals surface area contributed by atoms with Gasteiger partial charge in [-0.15, -0.1) is 0 Å². The first-order valence-corrected chi connectivity index (χ1v) is 6.95. The molecule has 0 aromatic carbocycles. The molecule has 0 N–H and O–H groups in total. The predicted molar refractivity (Wildman–Crippen MR) is 78.5 cm³/mol. The highest BCUT2D eigenvalue weighted by Gasteiger charge is 2.12. The SMILES string of the molecule is CCCCCC/C(=C\C(C)(C)S)c1ccco1. The average molecular weight is 252 g/mol. The number of rotatable bonds is 7. The van der Waals surface area contributed by atoms with Crippen LogP contribution in [-0.4, -0.2) is 4.75 Å². The van der Waals surface area contributed by atoms with Gasteiger partial charge in [0.2, 0.25) is 0 Å². The van der Waals surface area contributed by atoms with Crippen molar-refractivity contribution in [1.29, 1.82) is 0 Å². The molecule has 0 aliphatic heterocycles. The Morgan fingerprint density at radius 2 is 2.12 bits per heavy atom. The summed E-state index contributed by atoms with van der Waals surface area (Å²) >= 11 is 4.57. The zero-order valence-electron chi connectivity index (χ0n) is 11.2. The summed E-state index contributed by atoms with van der Waals surface area (Å²) in [6.07, 6.45) is 10.1. The fourth-order valence-corrected chi connectivity index (χ4v) is 2.05. The van der Waals surface area contributed by atoms with Gasteiger partial charge < -0.3 is 4.42 Å². The number of hydrogen-bond donors (Lipinski definition) is 1. The number of allylic oxidation sites excluding steroid dienone is 1. The number of unbranched alkanes of at least 4 members (excludes halogenated alkanes) is 3. The molecule has 1 nitrogen and oxygen atoms in total. The minimum Gasteiger partial charge on any atom is -0.465 e. The van der Waals surface area contributed by atoms with Crippen LogP contribution in [0.5, 0.6) is 0 Å². The maximum atomic E-state index is 5.50. The van der Waals surface area contributed by atoms with Gasteiger partial charge in [-0.3, -0.25) is 0 Å². The number of furan rings is 1. The average Bonchev–Trinajstić information content (AvgIpc) is 2.74. The van der Waals surface area contributed by atoms with E-state index in [0.717, 1.165) is 12.2 Å². The van der Waals surface area contributed by atoms with Crippen LogP contribution in [0.4, 0.5) is 0 Å². The zero-order chi connectivity index (χ0) is 12.7. The molecule has 1 aromatic rings. The summed E-state index contributed by atoms with van der Waals surface area (Å²) < 4.78 is 5.41. The Hall–Kier alpha value is -0.630. The first kappa shape index (κ1) is 14.4. The summed E-state index contributed by atoms with van der Waals surface area (Å²) in [4.78, 5) is 0. The van der Waals surface area contributed by atoms with Crippen molar-refractivity contribution in [3.8, 4) is 0 Å². The van der Waals surface area contributed by atoms with Crippen molar-refractivity contribution in [3.05, 3.63) is 30.2 Å². The van der Waals surface area contributed by atoms with Crippen LogP contribution in [-0.2, 0) is 0 Å². The minimum atomic E-state index is -0.0904. The van der Waals surface area contributed by atoms with Gasteiger partial charge in [0.05, 0.1) is 6.26 Å². The molecular formula is C15H24OS. The van der Waals surface area contributed by atoms with Crippen molar-refractivity contribution < 1.29 is 4.42 Å². The Bertz CT molecular complexity index is 330. The van der Waals surface area contributed by atoms with Crippen molar-refractivity contribution in [1.82, 2.24) is 0 Å². The van der Waals surface area contributed by atoms with Crippen LogP contribution < -0.4 is 0 Å². The topological polar surface area (TPSA) is 13.1 Å². The minimum absolute atomic E-state index is 0.0904. The molecule has 0 amide bonds. The summed E-state index contributed by atoms with van der Waals surface area (Å²) in [5.41, 5.74) is 1.28. The van der Waals surface area contributed by atoms with Crippen molar-refractivity contribution >= 4 is 18.2 Å². The molecule has 0 bridgehead atoms. The smallest absolute Gasteiger partial charge is 0.129 e. The van der Waals surface area contributed by atoms with Crippen LogP contribution >= 0.6 is 12.6 Å². The fraction of sp³-hybridized carbons (Fsp3) is 0.600. The van der Waals surface area contributed by atoms with Gasteiger partial charge in [0.15, 0.2) is 0 Å². The lowest BCUT2D eigenvalue weighted by atomic mass is 10.0. The van der Waals surface area contributed by atoms with Gasteiger partial charge in [0.25, 0.3) is 0 Å². The summed E-state index contributed by atoms with van der Waals surface area (Å²) in [7, 11) is 0. The molecule has 2 heteroatoms. The van der Waals surface area contributed by atoms with E-state index in [1.807, 2.05) is 12.1 Å². The van der Waals surface area contributed by atoms with Crippen LogP contribution in [0.25, 0.3) is 5.57 Å². The predicted octanol–water partition coefficient (Wildman–Crippen LogP) is 5.34. The summed E-state index contributed by atoms with van der Waals surface area (Å²) in [5.74, 6) is 0.989. The molecule has 96 valence electrons. The molecule has 17 heavy (non-hydrogen) atoms. The summed E-state index contributed by atoms with van der Waals surface area (Å²) in [6.45, 7) is 6.44. The zero-order valence-corrected chi connectivity index (χ0v) is 12.1. The number of thiol groups is 1. The highest BCUT2D eigenvalue weighted by Crippen LogP contribution is 2.27. The molecule has 0 spiro atoms. The fourth-order valence-electron chi connectivity index (χ4n) is 1.90. The molecule has 0 atom stereocenters. The Balaban J connectivity index is 2.65. The quantitative estimate of drug-likeness (QED) is 0.510. The maximum absolute atomic E-state index is 5.50. The van der Waals surface area contributed by atoms with Crippen molar-refractivity contribution in [2.45, 2.75) is 57.6 Å². The summed E-state index contributed by atoms with van der Waals surface area (Å²) in [5, 5.41) is 0. The molecule has 0 aliphatic carbocycles. The van der Waals surface area contributed by atoms with E-state index in [0.29, 0.717) is 0 Å². The van der Waals surface area contributed by atoms with Gasteiger partial charge in [0.1, 0.15) is 5.76 Å². The van der Waals surface area contributed by atoms with E-state index < -0.39 is 0 Å². The largest absolute Gasteiger partial charge is 0.465 e. The third-order valence-corrected chi connectivity index (χ3v) is 2.79. The third kappa shape index (κ3) is 6.02. The molecule has 0 saturated carbocycles. The van der Waals surface area contributed by atoms with Crippen molar-refractivity contribution in [2.75, 3.05) is 0 Å². The Morgan fingerprint density at radius 3 is 2.65 bits per heavy atom. The lowest BCUT2D eigenvalue weighted by Crippen LogP contribution is -2.06. The highest BCUT2D eigenvalue weighted by atomic mass is 32.1. The van der Waals surface area contributed by atoms with Gasteiger partial charge in [0, 0.05) is 4.75 Å². The number of hydrogen-bond acceptors (Lipinski definition) is 2. The Morgan fingerprint density at radius 1 is 1.35 bits per heavy atom. The van der Waals surface area contributed by atoms with Gasteiger partial charge in [-0.25, -0.2) is 0 Å². The first-order chi connectivity index (χ1) is 8.03. The van der Waals surface area contributed by atoms with Gasteiger partial charge in [-0.1, -0.05) is 32.3 Å². The molecule has 1 aromatic heterocycles. The molecule has 1 heterocycles. The monoisotopic (exact) mass is 252 g/mol. The van der Waals surface area contributed by atoms with Gasteiger partial charge in [-0.2, -0.15) is 12.6 Å². The Kier molecular flexibility index (Phi) is 5.90. The second kappa shape index (κ2) is 6.95. The van der Waals surface area contributed by atoms with Crippen molar-refractivity contribution in [2.24, 2.45) is 0 Å². The Labute approximate surface area is 111 Å². The molecule has 0 fully saturated rings. The van der Waals surface area contributed by atoms with E-state index in [1.54, 1.807) is 6.26 Å². The highest BCUT2D eigenvalue weighted by molar-refractivity contribution is 7.82. The molecule has 0 radical (unpaired) electrons. The maximum Gasteiger partial charge on any atom is 0.129 e. The molecule has 0 unspecified atom stereocenters. The summed E-state index contributed by atoms with van der Waals surface area (Å²) in [6, 6.07) is 3.98.